The first-order valence-electron chi connectivity index (χ1n) is 6.38. The molecule has 2 aromatic rings. The standard InChI is InChI=1S/C15H13BrN2O2/c16-14-9-10(5-7-17-14)15(19)18-12-6-8-20-13-4-2-1-3-11(12)13/h1-5,7,9,12H,6,8H2,(H,18,19). The monoisotopic (exact) mass is 332 g/mol. The number of carbonyl (C=O) groups is 1. The maximum atomic E-state index is 12.3. The Labute approximate surface area is 125 Å². The van der Waals surface area contributed by atoms with Gasteiger partial charge < -0.3 is 10.1 Å². The predicted octanol–water partition coefficient (Wildman–Crippen LogP) is 3.10. The predicted molar refractivity (Wildman–Crippen MR) is 78.7 cm³/mol. The molecule has 0 aliphatic carbocycles. The van der Waals surface area contributed by atoms with Gasteiger partial charge in [0.05, 0.1) is 12.6 Å². The first-order valence-corrected chi connectivity index (χ1v) is 7.17. The highest BCUT2D eigenvalue weighted by molar-refractivity contribution is 9.10. The second-order valence-electron chi connectivity index (χ2n) is 4.57. The molecule has 0 bridgehead atoms. The molecule has 1 aromatic carbocycles. The summed E-state index contributed by atoms with van der Waals surface area (Å²) in [7, 11) is 0. The number of amides is 1. The van der Waals surface area contributed by atoms with E-state index in [1.807, 2.05) is 24.3 Å². The third kappa shape index (κ3) is 2.67. The summed E-state index contributed by atoms with van der Waals surface area (Å²) in [5.41, 5.74) is 1.62. The van der Waals surface area contributed by atoms with Gasteiger partial charge in [-0.25, -0.2) is 4.98 Å². The summed E-state index contributed by atoms with van der Waals surface area (Å²) in [6.07, 6.45) is 2.38. The number of nitrogens with one attached hydrogen (secondary N) is 1. The largest absolute Gasteiger partial charge is 0.493 e. The maximum Gasteiger partial charge on any atom is 0.251 e. The summed E-state index contributed by atoms with van der Waals surface area (Å²) in [4.78, 5) is 16.3. The molecule has 1 atom stereocenters. The van der Waals surface area contributed by atoms with E-state index in [4.69, 9.17) is 4.74 Å². The fourth-order valence-electron chi connectivity index (χ4n) is 2.28. The number of hydrogen-bond donors (Lipinski definition) is 1. The van der Waals surface area contributed by atoms with Crippen LogP contribution in [0.1, 0.15) is 28.4 Å². The van der Waals surface area contributed by atoms with Gasteiger partial charge in [-0.05, 0) is 34.1 Å². The second kappa shape index (κ2) is 5.63. The average molecular weight is 333 g/mol. The molecule has 0 saturated heterocycles. The fourth-order valence-corrected chi connectivity index (χ4v) is 2.64. The van der Waals surface area contributed by atoms with E-state index >= 15 is 0 Å². The van der Waals surface area contributed by atoms with Crippen molar-refractivity contribution in [2.45, 2.75) is 12.5 Å². The summed E-state index contributed by atoms with van der Waals surface area (Å²) in [6, 6.07) is 11.2. The van der Waals surface area contributed by atoms with E-state index in [2.05, 4.69) is 26.2 Å². The molecule has 0 spiro atoms. The average Bonchev–Trinajstić information content (AvgIpc) is 2.47. The fraction of sp³-hybridized carbons (Fsp3) is 0.200. The minimum atomic E-state index is -0.102. The van der Waals surface area contributed by atoms with Crippen molar-refractivity contribution in [3.8, 4) is 5.75 Å². The molecule has 1 N–H and O–H groups in total. The minimum Gasteiger partial charge on any atom is -0.493 e. The van der Waals surface area contributed by atoms with Gasteiger partial charge in [0.25, 0.3) is 5.91 Å². The van der Waals surface area contributed by atoms with E-state index in [-0.39, 0.29) is 11.9 Å². The third-order valence-electron chi connectivity index (χ3n) is 3.25. The first-order chi connectivity index (χ1) is 9.74. The number of rotatable bonds is 2. The van der Waals surface area contributed by atoms with Gasteiger partial charge in [0.15, 0.2) is 0 Å². The molecule has 0 fully saturated rings. The molecule has 3 rings (SSSR count). The third-order valence-corrected chi connectivity index (χ3v) is 3.69. The summed E-state index contributed by atoms with van der Waals surface area (Å²) in [5.74, 6) is 0.745. The molecular weight excluding hydrogens is 320 g/mol. The Kier molecular flexibility index (Phi) is 3.69. The Morgan fingerprint density at radius 2 is 2.20 bits per heavy atom. The van der Waals surface area contributed by atoms with Crippen LogP contribution in [0.5, 0.6) is 5.75 Å². The number of nitrogens with zero attached hydrogens (tertiary/aromatic N) is 1. The number of benzene rings is 1. The van der Waals surface area contributed by atoms with Gasteiger partial charge in [0.2, 0.25) is 0 Å². The number of halogens is 1. The van der Waals surface area contributed by atoms with E-state index in [0.29, 0.717) is 16.8 Å². The van der Waals surface area contributed by atoms with Crippen molar-refractivity contribution in [3.63, 3.8) is 0 Å². The summed E-state index contributed by atoms with van der Waals surface area (Å²) in [6.45, 7) is 0.613. The van der Waals surface area contributed by atoms with Crippen LogP contribution >= 0.6 is 15.9 Å². The van der Waals surface area contributed by atoms with Crippen LogP contribution in [0, 0.1) is 0 Å². The van der Waals surface area contributed by atoms with Gasteiger partial charge >= 0.3 is 0 Å². The zero-order valence-corrected chi connectivity index (χ0v) is 12.3. The number of ether oxygens (including phenoxy) is 1. The van der Waals surface area contributed by atoms with E-state index in [1.165, 1.54) is 0 Å². The lowest BCUT2D eigenvalue weighted by Gasteiger charge is -2.26. The highest BCUT2D eigenvalue weighted by Crippen LogP contribution is 2.31. The molecule has 1 aliphatic rings. The molecule has 1 aliphatic heterocycles. The van der Waals surface area contributed by atoms with Crippen molar-refractivity contribution < 1.29 is 9.53 Å². The Balaban J connectivity index is 1.81. The molecule has 1 unspecified atom stereocenters. The summed E-state index contributed by atoms with van der Waals surface area (Å²) >= 11 is 3.27. The summed E-state index contributed by atoms with van der Waals surface area (Å²) in [5, 5.41) is 3.05. The van der Waals surface area contributed by atoms with Crippen LogP contribution in [0.4, 0.5) is 0 Å². The Morgan fingerprint density at radius 1 is 1.35 bits per heavy atom. The van der Waals surface area contributed by atoms with Crippen LogP contribution in [-0.4, -0.2) is 17.5 Å². The Morgan fingerprint density at radius 3 is 3.05 bits per heavy atom. The van der Waals surface area contributed by atoms with Crippen molar-refractivity contribution in [1.29, 1.82) is 0 Å². The zero-order valence-electron chi connectivity index (χ0n) is 10.7. The lowest BCUT2D eigenvalue weighted by atomic mass is 10.0. The molecule has 5 heteroatoms. The lowest BCUT2D eigenvalue weighted by molar-refractivity contribution is 0.0924. The van der Waals surface area contributed by atoms with Crippen molar-refractivity contribution in [2.75, 3.05) is 6.61 Å². The molecule has 4 nitrogen and oxygen atoms in total. The van der Waals surface area contributed by atoms with Crippen molar-refractivity contribution in [1.82, 2.24) is 10.3 Å². The minimum absolute atomic E-state index is 0.0145. The molecule has 1 amide bonds. The quantitative estimate of drug-likeness (QED) is 0.860. The number of carbonyl (C=O) groups excluding carboxylic acids is 1. The van der Waals surface area contributed by atoms with Crippen molar-refractivity contribution in [2.24, 2.45) is 0 Å². The molecular formula is C15H13BrN2O2. The van der Waals surface area contributed by atoms with E-state index in [0.717, 1.165) is 17.7 Å². The van der Waals surface area contributed by atoms with Crippen molar-refractivity contribution in [3.05, 3.63) is 58.3 Å². The Hall–Kier alpha value is -1.88. The highest BCUT2D eigenvalue weighted by atomic mass is 79.9. The van der Waals surface area contributed by atoms with Gasteiger partial charge in [-0.15, -0.1) is 0 Å². The van der Waals surface area contributed by atoms with Crippen LogP contribution in [0.25, 0.3) is 0 Å². The lowest BCUT2D eigenvalue weighted by Crippen LogP contribution is -2.32. The zero-order chi connectivity index (χ0) is 13.9. The molecule has 1 aromatic heterocycles. The smallest absolute Gasteiger partial charge is 0.251 e. The maximum absolute atomic E-state index is 12.3. The molecule has 20 heavy (non-hydrogen) atoms. The number of hydrogen-bond acceptors (Lipinski definition) is 3. The normalized spacial score (nSPS) is 16.9. The molecule has 0 saturated carbocycles. The first kappa shape index (κ1) is 13.1. The molecule has 102 valence electrons. The van der Waals surface area contributed by atoms with Crippen LogP contribution in [0.2, 0.25) is 0 Å². The SMILES string of the molecule is O=C(NC1CCOc2ccccc21)c1ccnc(Br)c1. The number of pyridine rings is 1. The topological polar surface area (TPSA) is 51.2 Å². The van der Waals surface area contributed by atoms with Gasteiger partial charge in [0, 0.05) is 23.7 Å². The summed E-state index contributed by atoms with van der Waals surface area (Å²) < 4.78 is 6.24. The molecule has 0 radical (unpaired) electrons. The van der Waals surface area contributed by atoms with Crippen LogP contribution in [0.15, 0.2) is 47.2 Å². The van der Waals surface area contributed by atoms with Gasteiger partial charge in [-0.2, -0.15) is 0 Å². The number of para-hydroxylation sites is 1. The van der Waals surface area contributed by atoms with Crippen LogP contribution in [0.3, 0.4) is 0 Å². The van der Waals surface area contributed by atoms with Crippen molar-refractivity contribution >= 4 is 21.8 Å². The van der Waals surface area contributed by atoms with Crippen LogP contribution in [-0.2, 0) is 0 Å². The number of aromatic nitrogens is 1. The van der Waals surface area contributed by atoms with E-state index < -0.39 is 0 Å². The van der Waals surface area contributed by atoms with Gasteiger partial charge in [-0.1, -0.05) is 18.2 Å². The molecule has 2 heterocycles. The number of fused-ring (bicyclic) bond motifs is 1. The highest BCUT2D eigenvalue weighted by Gasteiger charge is 2.23. The van der Waals surface area contributed by atoms with Gasteiger partial charge in [0.1, 0.15) is 10.4 Å². The second-order valence-corrected chi connectivity index (χ2v) is 5.38. The van der Waals surface area contributed by atoms with E-state index in [1.54, 1.807) is 18.3 Å². The Bertz CT molecular complexity index is 645. The van der Waals surface area contributed by atoms with Crippen LogP contribution < -0.4 is 10.1 Å². The van der Waals surface area contributed by atoms with E-state index in [9.17, 15) is 4.79 Å². The van der Waals surface area contributed by atoms with Gasteiger partial charge in [-0.3, -0.25) is 4.79 Å².